The van der Waals surface area contributed by atoms with Gasteiger partial charge in [0.2, 0.25) is 0 Å². The molecule has 0 aliphatic rings. The van der Waals surface area contributed by atoms with E-state index < -0.39 is 0 Å². The molecule has 62 valence electrons. The van der Waals surface area contributed by atoms with Crippen molar-refractivity contribution >= 4 is 15.9 Å². The molecule has 1 rings (SSSR count). The van der Waals surface area contributed by atoms with Gasteiger partial charge < -0.3 is 4.57 Å². The highest BCUT2D eigenvalue weighted by atomic mass is 79.9. The van der Waals surface area contributed by atoms with Crippen molar-refractivity contribution in [1.29, 1.82) is 0 Å². The SMILES string of the molecule is Cn1ccc(C(C)(C)C)c1Br. The fraction of sp³-hybridized carbons (Fsp3) is 0.556. The predicted molar refractivity (Wildman–Crippen MR) is 51.8 cm³/mol. The monoisotopic (exact) mass is 215 g/mol. The maximum absolute atomic E-state index is 3.55. The smallest absolute Gasteiger partial charge is 0.0881 e. The van der Waals surface area contributed by atoms with Crippen LogP contribution in [0.5, 0.6) is 0 Å². The van der Waals surface area contributed by atoms with Crippen molar-refractivity contribution in [3.63, 3.8) is 0 Å². The minimum Gasteiger partial charge on any atom is -0.345 e. The van der Waals surface area contributed by atoms with Crippen molar-refractivity contribution in [2.24, 2.45) is 7.05 Å². The summed E-state index contributed by atoms with van der Waals surface area (Å²) < 4.78 is 3.27. The number of aromatic nitrogens is 1. The van der Waals surface area contributed by atoms with Crippen LogP contribution in [0.4, 0.5) is 0 Å². The average Bonchev–Trinajstić information content (AvgIpc) is 2.11. The molecule has 0 bridgehead atoms. The highest BCUT2D eigenvalue weighted by Gasteiger charge is 2.18. The number of aryl methyl sites for hydroxylation is 1. The van der Waals surface area contributed by atoms with E-state index in [1.165, 1.54) is 10.2 Å². The average molecular weight is 216 g/mol. The van der Waals surface area contributed by atoms with Crippen LogP contribution in [0.2, 0.25) is 0 Å². The number of nitrogens with zero attached hydrogens (tertiary/aromatic N) is 1. The second kappa shape index (κ2) is 2.67. The van der Waals surface area contributed by atoms with Gasteiger partial charge in [0.25, 0.3) is 0 Å². The molecule has 0 unspecified atom stereocenters. The van der Waals surface area contributed by atoms with E-state index in [1.54, 1.807) is 0 Å². The molecule has 0 radical (unpaired) electrons. The largest absolute Gasteiger partial charge is 0.345 e. The van der Waals surface area contributed by atoms with Crippen molar-refractivity contribution in [2.45, 2.75) is 26.2 Å². The molecule has 11 heavy (non-hydrogen) atoms. The van der Waals surface area contributed by atoms with Crippen molar-refractivity contribution in [2.75, 3.05) is 0 Å². The lowest BCUT2D eigenvalue weighted by Gasteiger charge is -2.17. The Hall–Kier alpha value is -0.240. The maximum atomic E-state index is 3.55. The lowest BCUT2D eigenvalue weighted by molar-refractivity contribution is 0.585. The number of rotatable bonds is 0. The molecule has 0 spiro atoms. The van der Waals surface area contributed by atoms with Crippen LogP contribution in [-0.4, -0.2) is 4.57 Å². The molecular formula is C9H14BrN. The van der Waals surface area contributed by atoms with Crippen LogP contribution < -0.4 is 0 Å². The fourth-order valence-electron chi connectivity index (χ4n) is 1.07. The van der Waals surface area contributed by atoms with Crippen molar-refractivity contribution in [1.82, 2.24) is 4.57 Å². The summed E-state index contributed by atoms with van der Waals surface area (Å²) in [6, 6.07) is 2.16. The molecule has 0 aliphatic carbocycles. The summed E-state index contributed by atoms with van der Waals surface area (Å²) in [4.78, 5) is 0. The number of hydrogen-bond acceptors (Lipinski definition) is 0. The van der Waals surface area contributed by atoms with E-state index in [1.807, 2.05) is 7.05 Å². The van der Waals surface area contributed by atoms with Gasteiger partial charge in [-0.2, -0.15) is 0 Å². The minimum absolute atomic E-state index is 0.236. The molecule has 0 atom stereocenters. The highest BCUT2D eigenvalue weighted by Crippen LogP contribution is 2.29. The van der Waals surface area contributed by atoms with E-state index in [0.717, 1.165) is 0 Å². The van der Waals surface area contributed by atoms with Crippen LogP contribution in [0.3, 0.4) is 0 Å². The third-order valence-electron chi connectivity index (χ3n) is 1.80. The molecule has 0 saturated heterocycles. The van der Waals surface area contributed by atoms with Crippen molar-refractivity contribution < 1.29 is 0 Å². The summed E-state index contributed by atoms with van der Waals surface area (Å²) in [7, 11) is 2.04. The van der Waals surface area contributed by atoms with Gasteiger partial charge in [0, 0.05) is 13.2 Å². The molecule has 1 aromatic rings. The zero-order chi connectivity index (χ0) is 8.65. The molecule has 1 aromatic heterocycles. The normalized spacial score (nSPS) is 12.1. The lowest BCUT2D eigenvalue weighted by Crippen LogP contribution is -2.10. The Morgan fingerprint density at radius 3 is 2.09 bits per heavy atom. The summed E-state index contributed by atoms with van der Waals surface area (Å²) in [6.07, 6.45) is 2.07. The van der Waals surface area contributed by atoms with Crippen LogP contribution in [0.1, 0.15) is 26.3 Å². The zero-order valence-corrected chi connectivity index (χ0v) is 9.07. The second-order valence-corrected chi connectivity index (χ2v) is 4.63. The van der Waals surface area contributed by atoms with Gasteiger partial charge in [-0.1, -0.05) is 20.8 Å². The van der Waals surface area contributed by atoms with E-state index >= 15 is 0 Å². The van der Waals surface area contributed by atoms with Gasteiger partial charge >= 0.3 is 0 Å². The first-order valence-corrected chi connectivity index (χ1v) is 4.53. The first-order chi connectivity index (χ1) is 4.93. The van der Waals surface area contributed by atoms with Crippen molar-refractivity contribution in [3.8, 4) is 0 Å². The van der Waals surface area contributed by atoms with Gasteiger partial charge in [0.05, 0.1) is 4.60 Å². The number of halogens is 1. The summed E-state index contributed by atoms with van der Waals surface area (Å²) in [5.74, 6) is 0. The molecule has 0 aliphatic heterocycles. The molecular weight excluding hydrogens is 202 g/mol. The van der Waals surface area contributed by atoms with E-state index in [2.05, 4.69) is 53.5 Å². The number of hydrogen-bond donors (Lipinski definition) is 0. The fourth-order valence-corrected chi connectivity index (χ4v) is 1.92. The van der Waals surface area contributed by atoms with Gasteiger partial charge in [0.1, 0.15) is 0 Å². The summed E-state index contributed by atoms with van der Waals surface area (Å²) in [5, 5.41) is 0. The Kier molecular flexibility index (Phi) is 2.15. The van der Waals surface area contributed by atoms with E-state index in [4.69, 9.17) is 0 Å². The first-order valence-electron chi connectivity index (χ1n) is 3.74. The van der Waals surface area contributed by atoms with Crippen LogP contribution >= 0.6 is 15.9 Å². The minimum atomic E-state index is 0.236. The summed E-state index contributed by atoms with van der Waals surface area (Å²) >= 11 is 3.55. The van der Waals surface area contributed by atoms with Gasteiger partial charge in [-0.05, 0) is 33.0 Å². The molecule has 0 fully saturated rings. The molecule has 0 aromatic carbocycles. The van der Waals surface area contributed by atoms with Gasteiger partial charge in [0.15, 0.2) is 0 Å². The third kappa shape index (κ3) is 1.67. The maximum Gasteiger partial charge on any atom is 0.0881 e. The van der Waals surface area contributed by atoms with Gasteiger partial charge in [-0.15, -0.1) is 0 Å². The molecule has 1 nitrogen and oxygen atoms in total. The topological polar surface area (TPSA) is 4.93 Å². The summed E-state index contributed by atoms with van der Waals surface area (Å²) in [5.41, 5.74) is 1.60. The van der Waals surface area contributed by atoms with Gasteiger partial charge in [-0.3, -0.25) is 0 Å². The molecule has 2 heteroatoms. The standard InChI is InChI=1S/C9H14BrN/c1-9(2,3)7-5-6-11(4)8(7)10/h5-6H,1-4H3. The molecule has 0 saturated carbocycles. The lowest BCUT2D eigenvalue weighted by atomic mass is 9.89. The Morgan fingerprint density at radius 2 is 1.91 bits per heavy atom. The van der Waals surface area contributed by atoms with Crippen LogP contribution in [0, 0.1) is 0 Å². The van der Waals surface area contributed by atoms with Crippen LogP contribution in [0.25, 0.3) is 0 Å². The Labute approximate surface area is 76.5 Å². The van der Waals surface area contributed by atoms with Gasteiger partial charge in [-0.25, -0.2) is 0 Å². The second-order valence-electron chi connectivity index (χ2n) is 3.88. The Bertz CT molecular complexity index is 255. The Morgan fingerprint density at radius 1 is 1.36 bits per heavy atom. The van der Waals surface area contributed by atoms with E-state index in [0.29, 0.717) is 0 Å². The summed E-state index contributed by atoms with van der Waals surface area (Å²) in [6.45, 7) is 6.65. The zero-order valence-electron chi connectivity index (χ0n) is 7.48. The van der Waals surface area contributed by atoms with E-state index in [-0.39, 0.29) is 5.41 Å². The van der Waals surface area contributed by atoms with Crippen LogP contribution in [0.15, 0.2) is 16.9 Å². The van der Waals surface area contributed by atoms with Crippen molar-refractivity contribution in [3.05, 3.63) is 22.4 Å². The predicted octanol–water partition coefficient (Wildman–Crippen LogP) is 3.09. The molecule has 1 heterocycles. The third-order valence-corrected chi connectivity index (χ3v) is 2.79. The molecule has 0 amide bonds. The first kappa shape index (κ1) is 8.85. The molecule has 0 N–H and O–H groups in total. The highest BCUT2D eigenvalue weighted by molar-refractivity contribution is 9.10. The Balaban J connectivity index is 3.15. The van der Waals surface area contributed by atoms with Crippen LogP contribution in [-0.2, 0) is 12.5 Å². The quantitative estimate of drug-likeness (QED) is 0.628. The van der Waals surface area contributed by atoms with E-state index in [9.17, 15) is 0 Å².